The zero-order valence-corrected chi connectivity index (χ0v) is 13.8. The molecule has 0 saturated carbocycles. The van der Waals surface area contributed by atoms with Crippen LogP contribution in [-0.2, 0) is 19.3 Å². The Balaban J connectivity index is 1.76. The number of fused-ring (bicyclic) bond motifs is 3. The number of hydrogen-bond acceptors (Lipinski definition) is 4. The molecule has 3 nitrogen and oxygen atoms in total. The number of aryl methyl sites for hydroxylation is 2. The zero-order valence-electron chi connectivity index (χ0n) is 13.0. The van der Waals surface area contributed by atoms with E-state index in [1.54, 1.807) is 23.5 Å². The summed E-state index contributed by atoms with van der Waals surface area (Å²) in [6, 6.07) is 6.39. The first-order valence-electron chi connectivity index (χ1n) is 7.86. The van der Waals surface area contributed by atoms with Crippen LogP contribution in [0.5, 0.6) is 5.88 Å². The highest BCUT2D eigenvalue weighted by molar-refractivity contribution is 7.19. The number of ether oxygens (including phenoxy) is 1. The number of rotatable bonds is 4. The lowest BCUT2D eigenvalue weighted by Crippen LogP contribution is -2.03. The van der Waals surface area contributed by atoms with Crippen LogP contribution < -0.4 is 4.74 Å². The van der Waals surface area contributed by atoms with E-state index in [2.05, 4.69) is 10.9 Å². The second-order valence-electron chi connectivity index (χ2n) is 5.78. The number of hydrogen-bond donors (Lipinski definition) is 0. The average Bonchev–Trinajstić information content (AvgIpc) is 3.15. The van der Waals surface area contributed by atoms with E-state index in [1.165, 1.54) is 29.0 Å². The molecule has 0 unspecified atom stereocenters. The molecule has 120 valence electrons. The molecule has 4 rings (SSSR count). The van der Waals surface area contributed by atoms with Gasteiger partial charge in [-0.05, 0) is 42.5 Å². The van der Waals surface area contributed by atoms with Crippen molar-refractivity contribution in [2.45, 2.75) is 25.7 Å². The Labute approximate surface area is 143 Å². The highest BCUT2D eigenvalue weighted by Crippen LogP contribution is 2.40. The first-order valence-corrected chi connectivity index (χ1v) is 8.68. The average molecular weight is 338 g/mol. The summed E-state index contributed by atoms with van der Waals surface area (Å²) >= 11 is 1.72. The summed E-state index contributed by atoms with van der Waals surface area (Å²) in [7, 11) is 0. The number of nitrogens with zero attached hydrogens (tertiary/aromatic N) is 2. The van der Waals surface area contributed by atoms with E-state index in [1.807, 2.05) is 0 Å². The van der Waals surface area contributed by atoms with E-state index in [9.17, 15) is 4.39 Å². The molecule has 1 aliphatic carbocycles. The summed E-state index contributed by atoms with van der Waals surface area (Å²) in [6.07, 6.45) is 9.18. The topological polar surface area (TPSA) is 35.0 Å². The van der Waals surface area contributed by atoms with Gasteiger partial charge in [0.2, 0.25) is 5.88 Å². The fourth-order valence-electron chi connectivity index (χ4n) is 3.08. The van der Waals surface area contributed by atoms with Crippen molar-refractivity contribution >= 4 is 21.6 Å². The maximum atomic E-state index is 13.1. The van der Waals surface area contributed by atoms with Crippen LogP contribution in [-0.4, -0.2) is 16.6 Å². The van der Waals surface area contributed by atoms with Gasteiger partial charge in [0.15, 0.2) is 6.61 Å². The fraction of sp³-hybridized carbons (Fsp3) is 0.263. The normalized spacial score (nSPS) is 13.0. The van der Waals surface area contributed by atoms with Gasteiger partial charge in [-0.15, -0.1) is 17.8 Å². The highest BCUT2D eigenvalue weighted by atomic mass is 32.1. The Hall–Kier alpha value is -2.45. The third-order valence-corrected chi connectivity index (χ3v) is 5.33. The Morgan fingerprint density at radius 2 is 2.04 bits per heavy atom. The molecule has 5 heteroatoms. The largest absolute Gasteiger partial charge is 0.464 e. The van der Waals surface area contributed by atoms with Crippen molar-refractivity contribution < 1.29 is 9.13 Å². The van der Waals surface area contributed by atoms with Crippen LogP contribution in [0.25, 0.3) is 10.2 Å². The third kappa shape index (κ3) is 2.74. The SMILES string of the molecule is C#CCOc1nc(Cc2ccc(F)cc2)nc2sc3c(c12)CCC3. The minimum Gasteiger partial charge on any atom is -0.464 e. The van der Waals surface area contributed by atoms with Crippen molar-refractivity contribution in [2.24, 2.45) is 0 Å². The fourth-order valence-corrected chi connectivity index (χ4v) is 4.35. The van der Waals surface area contributed by atoms with Gasteiger partial charge in [-0.2, -0.15) is 4.98 Å². The van der Waals surface area contributed by atoms with E-state index in [0.29, 0.717) is 18.1 Å². The van der Waals surface area contributed by atoms with Gasteiger partial charge in [-0.1, -0.05) is 18.1 Å². The zero-order chi connectivity index (χ0) is 16.5. The molecule has 1 aliphatic rings. The lowest BCUT2D eigenvalue weighted by molar-refractivity contribution is 0.358. The van der Waals surface area contributed by atoms with Gasteiger partial charge in [-0.3, -0.25) is 0 Å². The molecule has 2 heterocycles. The van der Waals surface area contributed by atoms with Gasteiger partial charge in [-0.25, -0.2) is 9.37 Å². The highest BCUT2D eigenvalue weighted by Gasteiger charge is 2.23. The Morgan fingerprint density at radius 1 is 1.21 bits per heavy atom. The van der Waals surface area contributed by atoms with Crippen molar-refractivity contribution in [3.05, 3.63) is 51.9 Å². The van der Waals surface area contributed by atoms with Gasteiger partial charge in [0.25, 0.3) is 0 Å². The summed E-state index contributed by atoms with van der Waals surface area (Å²) in [4.78, 5) is 11.6. The lowest BCUT2D eigenvalue weighted by atomic mass is 10.1. The molecule has 24 heavy (non-hydrogen) atoms. The Morgan fingerprint density at radius 3 is 2.83 bits per heavy atom. The molecule has 0 radical (unpaired) electrons. The van der Waals surface area contributed by atoms with Crippen LogP contribution >= 0.6 is 11.3 Å². The van der Waals surface area contributed by atoms with E-state index < -0.39 is 0 Å². The smallest absolute Gasteiger partial charge is 0.226 e. The summed E-state index contributed by atoms with van der Waals surface area (Å²) in [5.41, 5.74) is 2.28. The molecule has 1 aromatic carbocycles. The van der Waals surface area contributed by atoms with E-state index in [-0.39, 0.29) is 12.4 Å². The number of aromatic nitrogens is 2. The summed E-state index contributed by atoms with van der Waals surface area (Å²) in [5, 5.41) is 1.02. The van der Waals surface area contributed by atoms with Crippen LogP contribution in [0.15, 0.2) is 24.3 Å². The van der Waals surface area contributed by atoms with Crippen molar-refractivity contribution in [2.75, 3.05) is 6.61 Å². The standard InChI is InChI=1S/C19H15FN2OS/c1-2-10-23-18-17-14-4-3-5-15(14)24-19(17)22-16(21-18)11-12-6-8-13(20)9-7-12/h1,6-9H,3-5,10-11H2. The number of terminal acetylenes is 1. The molecule has 0 spiro atoms. The Bertz CT molecular complexity index is 941. The number of benzene rings is 1. The van der Waals surface area contributed by atoms with Crippen molar-refractivity contribution in [3.8, 4) is 18.2 Å². The molecule has 0 saturated heterocycles. The van der Waals surface area contributed by atoms with Crippen LogP contribution in [0.2, 0.25) is 0 Å². The molecule has 2 aromatic heterocycles. The van der Waals surface area contributed by atoms with Crippen molar-refractivity contribution in [1.29, 1.82) is 0 Å². The molecule has 0 atom stereocenters. The molecular formula is C19H15FN2OS. The maximum absolute atomic E-state index is 13.1. The molecule has 0 aliphatic heterocycles. The first kappa shape index (κ1) is 15.1. The van der Waals surface area contributed by atoms with Gasteiger partial charge in [0, 0.05) is 11.3 Å². The van der Waals surface area contributed by atoms with E-state index >= 15 is 0 Å². The monoisotopic (exact) mass is 338 g/mol. The second-order valence-corrected chi connectivity index (χ2v) is 6.86. The summed E-state index contributed by atoms with van der Waals surface area (Å²) < 4.78 is 18.8. The second kappa shape index (κ2) is 6.21. The first-order chi connectivity index (χ1) is 11.7. The quantitative estimate of drug-likeness (QED) is 0.676. The van der Waals surface area contributed by atoms with E-state index in [4.69, 9.17) is 16.1 Å². The number of halogens is 1. The van der Waals surface area contributed by atoms with E-state index in [0.717, 1.165) is 28.6 Å². The van der Waals surface area contributed by atoms with Crippen LogP contribution in [0.4, 0.5) is 4.39 Å². The Kier molecular flexibility index (Phi) is 3.91. The predicted molar refractivity (Wildman–Crippen MR) is 93.0 cm³/mol. The van der Waals surface area contributed by atoms with Gasteiger partial charge >= 0.3 is 0 Å². The molecule has 0 amide bonds. The molecule has 0 fully saturated rings. The molecule has 0 bridgehead atoms. The minimum absolute atomic E-state index is 0.187. The van der Waals surface area contributed by atoms with Crippen LogP contribution in [0.1, 0.15) is 28.2 Å². The summed E-state index contributed by atoms with van der Waals surface area (Å²) in [6.45, 7) is 0.187. The predicted octanol–water partition coefficient (Wildman–Crippen LogP) is 3.92. The van der Waals surface area contributed by atoms with Gasteiger partial charge in [0.05, 0.1) is 5.39 Å². The minimum atomic E-state index is -0.247. The van der Waals surface area contributed by atoms with Crippen molar-refractivity contribution in [1.82, 2.24) is 9.97 Å². The number of thiophene rings is 1. The summed E-state index contributed by atoms with van der Waals surface area (Å²) in [5.74, 6) is 3.49. The van der Waals surface area contributed by atoms with Gasteiger partial charge in [0.1, 0.15) is 16.5 Å². The van der Waals surface area contributed by atoms with Crippen molar-refractivity contribution in [3.63, 3.8) is 0 Å². The van der Waals surface area contributed by atoms with Gasteiger partial charge < -0.3 is 4.74 Å². The molecule has 3 aromatic rings. The third-order valence-electron chi connectivity index (χ3n) is 4.15. The van der Waals surface area contributed by atoms with Crippen LogP contribution in [0, 0.1) is 18.2 Å². The lowest BCUT2D eigenvalue weighted by Gasteiger charge is -2.08. The molecule has 0 N–H and O–H groups in total. The van der Waals surface area contributed by atoms with Crippen LogP contribution in [0.3, 0.4) is 0 Å². The maximum Gasteiger partial charge on any atom is 0.226 e. The molecular weight excluding hydrogens is 323 g/mol.